The molecule has 0 saturated carbocycles. The van der Waals surface area contributed by atoms with Crippen molar-refractivity contribution in [1.82, 2.24) is 4.90 Å². The molecule has 88 valence electrons. The molecule has 0 radical (unpaired) electrons. The lowest BCUT2D eigenvalue weighted by atomic mass is 10.1. The van der Waals surface area contributed by atoms with Crippen molar-refractivity contribution in [3.05, 3.63) is 34.9 Å². The van der Waals surface area contributed by atoms with Crippen LogP contribution >= 0.6 is 11.6 Å². The predicted molar refractivity (Wildman–Crippen MR) is 66.8 cm³/mol. The van der Waals surface area contributed by atoms with Crippen molar-refractivity contribution in [3.8, 4) is 0 Å². The number of aliphatic hydroxyl groups excluding tert-OH is 1. The Morgan fingerprint density at radius 2 is 2.19 bits per heavy atom. The molecule has 1 aliphatic heterocycles. The summed E-state index contributed by atoms with van der Waals surface area (Å²) in [5, 5.41) is 10.4. The number of aliphatic hydroxyl groups is 1. The predicted octanol–water partition coefficient (Wildman–Crippen LogP) is 2.34. The van der Waals surface area contributed by atoms with Crippen LogP contribution in [-0.2, 0) is 6.42 Å². The molecule has 1 aliphatic rings. The molecule has 0 aromatic heterocycles. The molecule has 1 aromatic rings. The average molecular weight is 240 g/mol. The van der Waals surface area contributed by atoms with Crippen molar-refractivity contribution < 1.29 is 5.11 Å². The summed E-state index contributed by atoms with van der Waals surface area (Å²) in [7, 11) is 0. The van der Waals surface area contributed by atoms with Crippen LogP contribution in [0.3, 0.4) is 0 Å². The summed E-state index contributed by atoms with van der Waals surface area (Å²) in [5.74, 6) is 0. The quantitative estimate of drug-likeness (QED) is 0.875. The van der Waals surface area contributed by atoms with Gasteiger partial charge in [-0.2, -0.15) is 0 Å². The molecule has 16 heavy (non-hydrogen) atoms. The van der Waals surface area contributed by atoms with Gasteiger partial charge in [-0.25, -0.2) is 0 Å². The van der Waals surface area contributed by atoms with E-state index in [1.54, 1.807) is 0 Å². The first kappa shape index (κ1) is 11.9. The highest BCUT2D eigenvalue weighted by molar-refractivity contribution is 6.31. The van der Waals surface area contributed by atoms with E-state index in [1.807, 2.05) is 18.2 Å². The minimum atomic E-state index is -0.139. The van der Waals surface area contributed by atoms with E-state index in [1.165, 1.54) is 5.56 Å². The first-order chi connectivity index (χ1) is 7.75. The van der Waals surface area contributed by atoms with Gasteiger partial charge in [0.25, 0.3) is 0 Å². The molecule has 2 nitrogen and oxygen atoms in total. The number of rotatable bonds is 3. The van der Waals surface area contributed by atoms with E-state index < -0.39 is 0 Å². The highest BCUT2D eigenvalue weighted by atomic mass is 35.5. The van der Waals surface area contributed by atoms with E-state index in [0.29, 0.717) is 0 Å². The van der Waals surface area contributed by atoms with Gasteiger partial charge in [-0.1, -0.05) is 29.8 Å². The number of halogens is 1. The van der Waals surface area contributed by atoms with Gasteiger partial charge in [0.05, 0.1) is 6.10 Å². The first-order valence-electron chi connectivity index (χ1n) is 5.89. The monoisotopic (exact) mass is 239 g/mol. The van der Waals surface area contributed by atoms with E-state index >= 15 is 0 Å². The molecule has 1 N–H and O–H groups in total. The topological polar surface area (TPSA) is 23.5 Å². The summed E-state index contributed by atoms with van der Waals surface area (Å²) < 4.78 is 0. The number of piperidine rings is 1. The van der Waals surface area contributed by atoms with Crippen molar-refractivity contribution in [2.45, 2.75) is 25.4 Å². The lowest BCUT2D eigenvalue weighted by molar-refractivity contribution is 0.0714. The van der Waals surface area contributed by atoms with Gasteiger partial charge in [-0.05, 0) is 37.4 Å². The minimum Gasteiger partial charge on any atom is -0.392 e. The molecule has 1 unspecified atom stereocenters. The second-order valence-corrected chi connectivity index (χ2v) is 4.85. The molecule has 1 heterocycles. The average Bonchev–Trinajstić information content (AvgIpc) is 2.28. The van der Waals surface area contributed by atoms with Crippen LogP contribution in [0.25, 0.3) is 0 Å². The van der Waals surface area contributed by atoms with Crippen LogP contribution in [0.4, 0.5) is 0 Å². The molecule has 1 aromatic carbocycles. The van der Waals surface area contributed by atoms with Crippen LogP contribution in [0.15, 0.2) is 24.3 Å². The third-order valence-electron chi connectivity index (χ3n) is 3.14. The maximum atomic E-state index is 9.56. The normalized spacial score (nSPS) is 22.2. The fourth-order valence-corrected chi connectivity index (χ4v) is 2.44. The molecule has 0 bridgehead atoms. The number of nitrogens with zero attached hydrogens (tertiary/aromatic N) is 1. The highest BCUT2D eigenvalue weighted by Crippen LogP contribution is 2.17. The van der Waals surface area contributed by atoms with Crippen molar-refractivity contribution in [2.75, 3.05) is 19.6 Å². The molecule has 3 heteroatoms. The first-order valence-corrected chi connectivity index (χ1v) is 6.27. The van der Waals surface area contributed by atoms with Gasteiger partial charge < -0.3 is 10.0 Å². The molecule has 0 spiro atoms. The minimum absolute atomic E-state index is 0.139. The van der Waals surface area contributed by atoms with Crippen LogP contribution in [-0.4, -0.2) is 35.7 Å². The van der Waals surface area contributed by atoms with E-state index in [0.717, 1.165) is 43.9 Å². The number of hydrogen-bond acceptors (Lipinski definition) is 2. The van der Waals surface area contributed by atoms with Crippen LogP contribution in [0.1, 0.15) is 18.4 Å². The Bertz CT molecular complexity index is 342. The Kier molecular flexibility index (Phi) is 4.22. The van der Waals surface area contributed by atoms with Crippen molar-refractivity contribution in [3.63, 3.8) is 0 Å². The van der Waals surface area contributed by atoms with Crippen LogP contribution in [0.5, 0.6) is 0 Å². The molecule has 0 amide bonds. The standard InChI is InChI=1S/C13H18ClNO/c14-13-6-2-1-4-11(13)7-9-15-8-3-5-12(16)10-15/h1-2,4,6,12,16H,3,5,7-10H2. The summed E-state index contributed by atoms with van der Waals surface area (Å²) in [4.78, 5) is 2.32. The smallest absolute Gasteiger partial charge is 0.0667 e. The largest absolute Gasteiger partial charge is 0.392 e. The molecular weight excluding hydrogens is 222 g/mol. The van der Waals surface area contributed by atoms with Gasteiger partial charge in [0.15, 0.2) is 0 Å². The number of β-amino-alcohol motifs (C(OH)–C–C–N with tert-alkyl or cyclic N) is 1. The fourth-order valence-electron chi connectivity index (χ4n) is 2.21. The van der Waals surface area contributed by atoms with Crippen molar-refractivity contribution in [2.24, 2.45) is 0 Å². The second kappa shape index (κ2) is 5.67. The zero-order chi connectivity index (χ0) is 11.4. The summed E-state index contributed by atoms with van der Waals surface area (Å²) in [6.45, 7) is 2.90. The zero-order valence-corrected chi connectivity index (χ0v) is 10.2. The lowest BCUT2D eigenvalue weighted by Gasteiger charge is -2.29. The Balaban J connectivity index is 1.85. The van der Waals surface area contributed by atoms with Gasteiger partial charge in [0, 0.05) is 18.1 Å². The van der Waals surface area contributed by atoms with Gasteiger partial charge in [-0.3, -0.25) is 0 Å². The second-order valence-electron chi connectivity index (χ2n) is 4.44. The molecule has 1 fully saturated rings. The van der Waals surface area contributed by atoms with E-state index in [9.17, 15) is 5.11 Å². The maximum Gasteiger partial charge on any atom is 0.0667 e. The zero-order valence-electron chi connectivity index (χ0n) is 9.40. The number of hydrogen-bond donors (Lipinski definition) is 1. The fraction of sp³-hybridized carbons (Fsp3) is 0.538. The third kappa shape index (κ3) is 3.21. The van der Waals surface area contributed by atoms with Crippen LogP contribution in [0, 0.1) is 0 Å². The molecule has 1 saturated heterocycles. The summed E-state index contributed by atoms with van der Waals surface area (Å²) in [6, 6.07) is 7.98. The maximum absolute atomic E-state index is 9.56. The van der Waals surface area contributed by atoms with Gasteiger partial charge >= 0.3 is 0 Å². The molecular formula is C13H18ClNO. The summed E-state index contributed by atoms with van der Waals surface area (Å²) in [6.07, 6.45) is 2.87. The van der Waals surface area contributed by atoms with Gasteiger partial charge in [0.1, 0.15) is 0 Å². The SMILES string of the molecule is OC1CCCN(CCc2ccccc2Cl)C1. The van der Waals surface area contributed by atoms with E-state index in [2.05, 4.69) is 11.0 Å². The van der Waals surface area contributed by atoms with E-state index in [-0.39, 0.29) is 6.10 Å². The molecule has 1 atom stereocenters. The van der Waals surface area contributed by atoms with E-state index in [4.69, 9.17) is 11.6 Å². The number of likely N-dealkylation sites (tertiary alicyclic amines) is 1. The molecule has 0 aliphatic carbocycles. The third-order valence-corrected chi connectivity index (χ3v) is 3.50. The Morgan fingerprint density at radius 1 is 1.38 bits per heavy atom. The Hall–Kier alpha value is -0.570. The summed E-state index contributed by atoms with van der Waals surface area (Å²) in [5.41, 5.74) is 1.20. The van der Waals surface area contributed by atoms with Gasteiger partial charge in [-0.15, -0.1) is 0 Å². The molecule has 2 rings (SSSR count). The van der Waals surface area contributed by atoms with Crippen molar-refractivity contribution >= 4 is 11.6 Å². The van der Waals surface area contributed by atoms with Crippen LogP contribution in [0.2, 0.25) is 5.02 Å². The Labute approximate surface area is 102 Å². The van der Waals surface area contributed by atoms with Crippen LogP contribution < -0.4 is 0 Å². The highest BCUT2D eigenvalue weighted by Gasteiger charge is 2.17. The number of benzene rings is 1. The summed E-state index contributed by atoms with van der Waals surface area (Å²) >= 11 is 6.10. The van der Waals surface area contributed by atoms with Gasteiger partial charge in [0.2, 0.25) is 0 Å². The lowest BCUT2D eigenvalue weighted by Crippen LogP contribution is -2.39. The Morgan fingerprint density at radius 3 is 2.94 bits per heavy atom. The van der Waals surface area contributed by atoms with Crippen molar-refractivity contribution in [1.29, 1.82) is 0 Å².